The van der Waals surface area contributed by atoms with E-state index >= 15 is 0 Å². The molecule has 0 unspecified atom stereocenters. The maximum atomic E-state index is 12.5. The maximum Gasteiger partial charge on any atom is 0.434 e. The van der Waals surface area contributed by atoms with Crippen LogP contribution in [0.2, 0.25) is 0 Å². The maximum absolute atomic E-state index is 12.5. The van der Waals surface area contributed by atoms with Crippen molar-refractivity contribution in [3.63, 3.8) is 0 Å². The molecule has 1 aromatic heterocycles. The van der Waals surface area contributed by atoms with Crippen molar-refractivity contribution in [2.24, 2.45) is 0 Å². The van der Waals surface area contributed by atoms with Gasteiger partial charge in [0.2, 0.25) is 0 Å². The van der Waals surface area contributed by atoms with Gasteiger partial charge < -0.3 is 9.47 Å². The Balaban J connectivity index is 1.66. The van der Waals surface area contributed by atoms with Crippen LogP contribution in [0.5, 0.6) is 0 Å². The second-order valence-corrected chi connectivity index (χ2v) is 5.84. The fourth-order valence-electron chi connectivity index (χ4n) is 2.70. The van der Waals surface area contributed by atoms with Crippen molar-refractivity contribution < 1.29 is 22.6 Å². The van der Waals surface area contributed by atoms with E-state index in [1.165, 1.54) is 0 Å². The molecule has 1 saturated carbocycles. The lowest BCUT2D eigenvalue weighted by Crippen LogP contribution is -2.34. The molecule has 1 aromatic rings. The van der Waals surface area contributed by atoms with Crippen LogP contribution in [0.1, 0.15) is 42.3 Å². The Kier molecular flexibility index (Phi) is 3.31. The van der Waals surface area contributed by atoms with Crippen LogP contribution in [0.25, 0.3) is 0 Å². The SMILES string of the molecule is FC(F)(F)c1csc(C2CCC3(CC2)OCCO3)n1. The topological polar surface area (TPSA) is 31.4 Å². The number of halogens is 3. The molecule has 0 radical (unpaired) electrons. The molecule has 1 aliphatic heterocycles. The minimum absolute atomic E-state index is 0.0968. The molecule has 0 amide bonds. The predicted octanol–water partition coefficient (Wildman–Crippen LogP) is 3.56. The van der Waals surface area contributed by atoms with Crippen molar-refractivity contribution in [2.45, 2.75) is 43.6 Å². The summed E-state index contributed by atoms with van der Waals surface area (Å²) in [5, 5.41) is 1.68. The monoisotopic (exact) mass is 293 g/mol. The molecule has 2 fully saturated rings. The highest BCUT2D eigenvalue weighted by Crippen LogP contribution is 2.43. The summed E-state index contributed by atoms with van der Waals surface area (Å²) in [7, 11) is 0. The van der Waals surface area contributed by atoms with Crippen LogP contribution in [0.3, 0.4) is 0 Å². The van der Waals surface area contributed by atoms with Crippen LogP contribution >= 0.6 is 11.3 Å². The molecule has 2 aliphatic rings. The Morgan fingerprint density at radius 3 is 2.37 bits per heavy atom. The molecular weight excluding hydrogens is 279 g/mol. The van der Waals surface area contributed by atoms with Crippen molar-refractivity contribution in [3.05, 3.63) is 16.1 Å². The van der Waals surface area contributed by atoms with Gasteiger partial charge in [-0.25, -0.2) is 4.98 Å². The fourth-order valence-corrected chi connectivity index (χ4v) is 3.69. The number of thiazole rings is 1. The molecule has 0 bridgehead atoms. The normalized spacial score (nSPS) is 24.2. The number of hydrogen-bond acceptors (Lipinski definition) is 4. The highest BCUT2D eigenvalue weighted by atomic mass is 32.1. The first-order chi connectivity index (χ1) is 8.99. The smallest absolute Gasteiger partial charge is 0.348 e. The lowest BCUT2D eigenvalue weighted by Gasteiger charge is -2.34. The molecule has 106 valence electrons. The molecule has 1 spiro atoms. The minimum Gasteiger partial charge on any atom is -0.348 e. The summed E-state index contributed by atoms with van der Waals surface area (Å²) in [6.45, 7) is 1.22. The first kappa shape index (κ1) is 13.3. The second kappa shape index (κ2) is 4.71. The van der Waals surface area contributed by atoms with Gasteiger partial charge in [-0.3, -0.25) is 0 Å². The third-order valence-corrected chi connectivity index (χ3v) is 4.73. The van der Waals surface area contributed by atoms with Gasteiger partial charge >= 0.3 is 6.18 Å². The van der Waals surface area contributed by atoms with Gasteiger partial charge in [-0.05, 0) is 12.8 Å². The van der Waals surface area contributed by atoms with Crippen LogP contribution in [-0.2, 0) is 15.7 Å². The largest absolute Gasteiger partial charge is 0.434 e. The Labute approximate surface area is 112 Å². The van der Waals surface area contributed by atoms with Crippen LogP contribution in [0.15, 0.2) is 5.38 Å². The average molecular weight is 293 g/mol. The predicted molar refractivity (Wildman–Crippen MR) is 63.0 cm³/mol. The second-order valence-electron chi connectivity index (χ2n) is 4.95. The first-order valence-corrected chi connectivity index (χ1v) is 7.17. The van der Waals surface area contributed by atoms with E-state index in [0.717, 1.165) is 42.4 Å². The van der Waals surface area contributed by atoms with Gasteiger partial charge in [0, 0.05) is 24.1 Å². The van der Waals surface area contributed by atoms with Crippen molar-refractivity contribution in [1.29, 1.82) is 0 Å². The summed E-state index contributed by atoms with van der Waals surface area (Å²) in [6, 6.07) is 0. The molecule has 0 aromatic carbocycles. The molecule has 0 N–H and O–H groups in total. The number of nitrogens with zero attached hydrogens (tertiary/aromatic N) is 1. The third kappa shape index (κ3) is 2.64. The van der Waals surface area contributed by atoms with E-state index in [1.807, 2.05) is 0 Å². The van der Waals surface area contributed by atoms with Crippen LogP contribution in [-0.4, -0.2) is 24.0 Å². The highest BCUT2D eigenvalue weighted by molar-refractivity contribution is 7.09. The Morgan fingerprint density at radius 1 is 1.21 bits per heavy atom. The van der Waals surface area contributed by atoms with Crippen molar-refractivity contribution in [2.75, 3.05) is 13.2 Å². The van der Waals surface area contributed by atoms with Crippen molar-refractivity contribution in [3.8, 4) is 0 Å². The lowest BCUT2D eigenvalue weighted by atomic mass is 9.85. The summed E-state index contributed by atoms with van der Waals surface area (Å²) in [5.74, 6) is -0.375. The Morgan fingerprint density at radius 2 is 1.84 bits per heavy atom. The minimum atomic E-state index is -4.34. The lowest BCUT2D eigenvalue weighted by molar-refractivity contribution is -0.178. The van der Waals surface area contributed by atoms with Crippen molar-refractivity contribution >= 4 is 11.3 Å². The summed E-state index contributed by atoms with van der Waals surface area (Å²) >= 11 is 1.10. The van der Waals surface area contributed by atoms with E-state index < -0.39 is 17.7 Å². The van der Waals surface area contributed by atoms with Gasteiger partial charge in [0.25, 0.3) is 0 Å². The molecule has 3 rings (SSSR count). The van der Waals surface area contributed by atoms with Gasteiger partial charge in [-0.2, -0.15) is 13.2 Å². The number of hydrogen-bond donors (Lipinski definition) is 0. The number of ether oxygens (including phenoxy) is 2. The third-order valence-electron chi connectivity index (χ3n) is 3.72. The van der Waals surface area contributed by atoms with Crippen LogP contribution < -0.4 is 0 Å². The van der Waals surface area contributed by atoms with Gasteiger partial charge in [0.15, 0.2) is 11.5 Å². The molecule has 0 atom stereocenters. The van der Waals surface area contributed by atoms with E-state index in [-0.39, 0.29) is 5.92 Å². The van der Waals surface area contributed by atoms with Gasteiger partial charge in [-0.1, -0.05) is 0 Å². The Hall–Kier alpha value is -0.660. The van der Waals surface area contributed by atoms with Gasteiger partial charge in [0.05, 0.1) is 18.2 Å². The number of alkyl halides is 3. The van der Waals surface area contributed by atoms with Gasteiger partial charge in [-0.15, -0.1) is 11.3 Å². The summed E-state index contributed by atoms with van der Waals surface area (Å²) in [4.78, 5) is 3.73. The zero-order valence-electron chi connectivity index (χ0n) is 10.2. The molecule has 1 saturated heterocycles. The summed E-state index contributed by atoms with van der Waals surface area (Å²) in [6.07, 6.45) is -1.34. The summed E-state index contributed by atoms with van der Waals surface area (Å²) < 4.78 is 48.8. The van der Waals surface area contributed by atoms with Crippen LogP contribution in [0.4, 0.5) is 13.2 Å². The zero-order valence-corrected chi connectivity index (χ0v) is 11.0. The highest BCUT2D eigenvalue weighted by Gasteiger charge is 2.42. The fraction of sp³-hybridized carbons (Fsp3) is 0.750. The molecule has 7 heteroatoms. The van der Waals surface area contributed by atoms with Crippen molar-refractivity contribution in [1.82, 2.24) is 4.98 Å². The summed E-state index contributed by atoms with van der Waals surface area (Å²) in [5.41, 5.74) is -0.777. The molecule has 2 heterocycles. The van der Waals surface area contributed by atoms with E-state index in [1.54, 1.807) is 0 Å². The Bertz CT molecular complexity index is 444. The molecule has 19 heavy (non-hydrogen) atoms. The molecule has 1 aliphatic carbocycles. The zero-order chi connectivity index (χ0) is 13.5. The molecule has 3 nitrogen and oxygen atoms in total. The number of aromatic nitrogens is 1. The standard InChI is InChI=1S/C12H14F3NO2S/c13-12(14,15)9-7-19-10(16-9)8-1-3-11(4-2-8)17-5-6-18-11/h7-8H,1-6H2. The van der Waals surface area contributed by atoms with E-state index in [4.69, 9.17) is 9.47 Å². The van der Waals surface area contributed by atoms with E-state index in [9.17, 15) is 13.2 Å². The van der Waals surface area contributed by atoms with E-state index in [0.29, 0.717) is 18.2 Å². The first-order valence-electron chi connectivity index (χ1n) is 6.29. The molecular formula is C12H14F3NO2S. The van der Waals surface area contributed by atoms with Gasteiger partial charge in [0.1, 0.15) is 0 Å². The van der Waals surface area contributed by atoms with Crippen LogP contribution in [0, 0.1) is 0 Å². The quantitative estimate of drug-likeness (QED) is 0.793. The van der Waals surface area contributed by atoms with E-state index in [2.05, 4.69) is 4.98 Å². The average Bonchev–Trinajstić information content (AvgIpc) is 2.99. The number of rotatable bonds is 1.